The van der Waals surface area contributed by atoms with Gasteiger partial charge in [0.25, 0.3) is 6.43 Å². The van der Waals surface area contributed by atoms with Crippen molar-refractivity contribution in [2.45, 2.75) is 19.8 Å². The summed E-state index contributed by atoms with van der Waals surface area (Å²) in [7, 11) is 0. The molecule has 2 aromatic heterocycles. The second-order valence-corrected chi connectivity index (χ2v) is 6.72. The molecule has 0 aliphatic carbocycles. The van der Waals surface area contributed by atoms with Gasteiger partial charge in [0.2, 0.25) is 5.88 Å². The first kappa shape index (κ1) is 20.2. The van der Waals surface area contributed by atoms with E-state index in [1.165, 1.54) is 0 Å². The lowest BCUT2D eigenvalue weighted by Crippen LogP contribution is -2.08. The van der Waals surface area contributed by atoms with Crippen LogP contribution in [-0.2, 0) is 6.42 Å². The van der Waals surface area contributed by atoms with Gasteiger partial charge in [0.1, 0.15) is 28.6 Å². The van der Waals surface area contributed by atoms with Gasteiger partial charge in [0.15, 0.2) is 0 Å². The van der Waals surface area contributed by atoms with Crippen LogP contribution in [0.4, 0.5) is 14.6 Å². The molecular weight excluding hydrogens is 409 g/mol. The van der Waals surface area contributed by atoms with Crippen LogP contribution in [0.25, 0.3) is 0 Å². The number of pyridine rings is 1. The molecule has 2 heterocycles. The van der Waals surface area contributed by atoms with Crippen molar-refractivity contribution < 1.29 is 13.5 Å². The number of rotatable bonds is 7. The van der Waals surface area contributed by atoms with Crippen molar-refractivity contribution in [1.82, 2.24) is 15.0 Å². The average molecular weight is 425 g/mol. The molecule has 0 spiro atoms. The Bertz CT molecular complexity index is 955. The lowest BCUT2D eigenvalue weighted by Gasteiger charge is -2.10. The van der Waals surface area contributed by atoms with Crippen molar-refractivity contribution in [3.05, 3.63) is 69.7 Å². The highest BCUT2D eigenvalue weighted by Gasteiger charge is 2.17. The summed E-state index contributed by atoms with van der Waals surface area (Å²) < 4.78 is 31.3. The van der Waals surface area contributed by atoms with Crippen molar-refractivity contribution in [1.29, 1.82) is 0 Å². The lowest BCUT2D eigenvalue weighted by atomic mass is 10.2. The zero-order chi connectivity index (χ0) is 20.1. The van der Waals surface area contributed by atoms with Crippen LogP contribution in [0.5, 0.6) is 11.6 Å². The van der Waals surface area contributed by atoms with Gasteiger partial charge < -0.3 is 10.1 Å². The van der Waals surface area contributed by atoms with Gasteiger partial charge in [-0.3, -0.25) is 0 Å². The van der Waals surface area contributed by atoms with Crippen LogP contribution in [-0.4, -0.2) is 21.5 Å². The second-order valence-electron chi connectivity index (χ2n) is 5.94. The second kappa shape index (κ2) is 9.12. The standard InChI is InChI=1S/C19H16Cl2F2N4O/c1-11-2-4-14(13(20)8-11)28-15-5-3-12(9-25-15)6-7-24-19-16(21)17(18(22)23)26-10-27-19/h2-5,8-10,18H,6-7H2,1H3,(H,24,26,27). The Hall–Kier alpha value is -2.51. The van der Waals surface area contributed by atoms with Gasteiger partial charge in [-0.1, -0.05) is 35.3 Å². The van der Waals surface area contributed by atoms with Gasteiger partial charge in [-0.2, -0.15) is 0 Å². The van der Waals surface area contributed by atoms with Gasteiger partial charge in [0.05, 0.1) is 5.02 Å². The molecule has 0 radical (unpaired) electrons. The fourth-order valence-corrected chi connectivity index (χ4v) is 2.93. The molecular formula is C19H16Cl2F2N4O. The number of aryl methyl sites for hydroxylation is 1. The lowest BCUT2D eigenvalue weighted by molar-refractivity contribution is 0.146. The molecule has 0 saturated heterocycles. The fraction of sp³-hybridized carbons (Fsp3) is 0.211. The summed E-state index contributed by atoms with van der Waals surface area (Å²) in [5, 5.41) is 3.27. The van der Waals surface area contributed by atoms with Gasteiger partial charge in [-0.05, 0) is 36.6 Å². The third-order valence-electron chi connectivity index (χ3n) is 3.83. The van der Waals surface area contributed by atoms with E-state index < -0.39 is 12.1 Å². The van der Waals surface area contributed by atoms with Gasteiger partial charge in [0, 0.05) is 18.8 Å². The van der Waals surface area contributed by atoms with E-state index in [-0.39, 0.29) is 10.8 Å². The number of nitrogens with one attached hydrogen (secondary N) is 1. The Labute approximate surface area is 170 Å². The maximum absolute atomic E-state index is 12.8. The smallest absolute Gasteiger partial charge is 0.282 e. The predicted octanol–water partition coefficient (Wildman–Crippen LogP) is 5.87. The summed E-state index contributed by atoms with van der Waals surface area (Å²) in [6.45, 7) is 2.38. The summed E-state index contributed by atoms with van der Waals surface area (Å²) in [6, 6.07) is 9.10. The van der Waals surface area contributed by atoms with Crippen LogP contribution in [0.1, 0.15) is 23.2 Å². The van der Waals surface area contributed by atoms with Crippen molar-refractivity contribution >= 4 is 29.0 Å². The van der Waals surface area contributed by atoms with Crippen molar-refractivity contribution in [2.75, 3.05) is 11.9 Å². The molecule has 1 N–H and O–H groups in total. The van der Waals surface area contributed by atoms with E-state index in [2.05, 4.69) is 20.3 Å². The maximum Gasteiger partial charge on any atom is 0.282 e. The number of aromatic nitrogens is 3. The molecule has 28 heavy (non-hydrogen) atoms. The molecule has 5 nitrogen and oxygen atoms in total. The highest BCUT2D eigenvalue weighted by atomic mass is 35.5. The van der Waals surface area contributed by atoms with E-state index in [0.717, 1.165) is 17.5 Å². The summed E-state index contributed by atoms with van der Waals surface area (Å²) in [4.78, 5) is 11.6. The normalized spacial score (nSPS) is 10.9. The molecule has 0 amide bonds. The first-order valence-electron chi connectivity index (χ1n) is 8.35. The minimum atomic E-state index is -2.75. The highest BCUT2D eigenvalue weighted by molar-refractivity contribution is 6.33. The highest BCUT2D eigenvalue weighted by Crippen LogP contribution is 2.30. The Kier molecular flexibility index (Phi) is 6.59. The zero-order valence-corrected chi connectivity index (χ0v) is 16.3. The summed E-state index contributed by atoms with van der Waals surface area (Å²) >= 11 is 12.1. The molecule has 0 bridgehead atoms. The SMILES string of the molecule is Cc1ccc(Oc2ccc(CCNc3ncnc(C(F)F)c3Cl)cn2)c(Cl)c1. The Morgan fingerprint density at radius 1 is 1.11 bits per heavy atom. The van der Waals surface area contributed by atoms with Gasteiger partial charge >= 0.3 is 0 Å². The first-order chi connectivity index (χ1) is 13.4. The van der Waals surface area contributed by atoms with Crippen LogP contribution >= 0.6 is 23.2 Å². The Morgan fingerprint density at radius 2 is 1.93 bits per heavy atom. The van der Waals surface area contributed by atoms with Crippen LogP contribution in [0, 0.1) is 6.92 Å². The van der Waals surface area contributed by atoms with Gasteiger partial charge in [-0.25, -0.2) is 23.7 Å². The topological polar surface area (TPSA) is 59.9 Å². The number of anilines is 1. The summed E-state index contributed by atoms with van der Waals surface area (Å²) in [5.41, 5.74) is 1.48. The average Bonchev–Trinajstić information content (AvgIpc) is 2.66. The molecule has 0 aliphatic rings. The van der Waals surface area contributed by atoms with Crippen LogP contribution in [0.3, 0.4) is 0 Å². The molecule has 0 atom stereocenters. The number of halogens is 4. The van der Waals surface area contributed by atoms with E-state index in [1.54, 1.807) is 18.3 Å². The molecule has 0 saturated carbocycles. The van der Waals surface area contributed by atoms with Crippen LogP contribution < -0.4 is 10.1 Å². The fourth-order valence-electron chi connectivity index (χ4n) is 2.40. The van der Waals surface area contributed by atoms with Crippen molar-refractivity contribution in [3.8, 4) is 11.6 Å². The van der Waals surface area contributed by atoms with Crippen molar-refractivity contribution in [3.63, 3.8) is 0 Å². The maximum atomic E-state index is 12.8. The van der Waals surface area contributed by atoms with Crippen molar-refractivity contribution in [2.24, 2.45) is 0 Å². The van der Waals surface area contributed by atoms with Crippen LogP contribution in [0.15, 0.2) is 42.9 Å². The van der Waals surface area contributed by atoms with E-state index in [4.69, 9.17) is 27.9 Å². The summed E-state index contributed by atoms with van der Waals surface area (Å²) in [6.07, 6.45) is 0.558. The largest absolute Gasteiger partial charge is 0.437 e. The third kappa shape index (κ3) is 5.05. The molecule has 146 valence electrons. The Balaban J connectivity index is 1.57. The Morgan fingerprint density at radius 3 is 2.61 bits per heavy atom. The molecule has 1 aromatic carbocycles. The molecule has 3 aromatic rings. The third-order valence-corrected chi connectivity index (χ3v) is 4.50. The number of benzene rings is 1. The number of hydrogen-bond acceptors (Lipinski definition) is 5. The van der Waals surface area contributed by atoms with E-state index >= 15 is 0 Å². The number of alkyl halides is 2. The number of ether oxygens (including phenoxy) is 1. The molecule has 0 unspecified atom stereocenters. The minimum absolute atomic E-state index is 0.172. The zero-order valence-electron chi connectivity index (χ0n) is 14.8. The van der Waals surface area contributed by atoms with Crippen LogP contribution in [0.2, 0.25) is 10.0 Å². The quantitative estimate of drug-likeness (QED) is 0.513. The van der Waals surface area contributed by atoms with E-state index in [1.807, 2.05) is 25.1 Å². The first-order valence-corrected chi connectivity index (χ1v) is 9.11. The molecule has 3 rings (SSSR count). The van der Waals surface area contributed by atoms with E-state index in [9.17, 15) is 8.78 Å². The molecule has 9 heteroatoms. The van der Waals surface area contributed by atoms with E-state index in [0.29, 0.717) is 29.6 Å². The molecule has 0 fully saturated rings. The minimum Gasteiger partial charge on any atom is -0.437 e. The monoisotopic (exact) mass is 424 g/mol. The number of hydrogen-bond donors (Lipinski definition) is 1. The summed E-state index contributed by atoms with van der Waals surface area (Å²) in [5.74, 6) is 1.12. The van der Waals surface area contributed by atoms with Gasteiger partial charge in [-0.15, -0.1) is 0 Å². The molecule has 0 aliphatic heterocycles. The predicted molar refractivity (Wildman–Crippen MR) is 105 cm³/mol. The number of nitrogens with zero attached hydrogens (tertiary/aromatic N) is 3.